The lowest BCUT2D eigenvalue weighted by Crippen LogP contribution is -2.65. The summed E-state index contributed by atoms with van der Waals surface area (Å²) in [5.74, 6) is -1.38. The number of benzene rings is 2. The maximum atomic E-state index is 14.5. The number of nitrogens with one attached hydrogen (secondary N) is 1. The summed E-state index contributed by atoms with van der Waals surface area (Å²) in [5.41, 5.74) is -1.08. The van der Waals surface area contributed by atoms with Gasteiger partial charge in [0.15, 0.2) is 17.5 Å². The molecular formula is C34H39NO6. The second kappa shape index (κ2) is 9.65. The molecule has 0 heterocycles. The van der Waals surface area contributed by atoms with Crippen LogP contribution in [0.5, 0.6) is 0 Å². The van der Waals surface area contributed by atoms with Crippen LogP contribution in [0.1, 0.15) is 50.0 Å². The first-order valence-electron chi connectivity index (χ1n) is 14.5. The Morgan fingerprint density at radius 1 is 1.10 bits per heavy atom. The fourth-order valence-electron chi connectivity index (χ4n) is 8.37. The van der Waals surface area contributed by atoms with Gasteiger partial charge in [0, 0.05) is 18.2 Å². The number of carbonyl (C=O) groups is 2. The van der Waals surface area contributed by atoms with Gasteiger partial charge in [-0.25, -0.2) is 4.79 Å². The zero-order valence-corrected chi connectivity index (χ0v) is 24.0. The maximum absolute atomic E-state index is 14.5. The molecule has 0 saturated heterocycles. The Kier molecular flexibility index (Phi) is 6.56. The Morgan fingerprint density at radius 2 is 1.78 bits per heavy atom. The van der Waals surface area contributed by atoms with E-state index in [4.69, 9.17) is 4.74 Å². The van der Waals surface area contributed by atoms with Gasteiger partial charge in [0.1, 0.15) is 6.10 Å². The number of Topliss-reactive ketones (excluding diaryl/α,β-unsaturated/α-hetero) is 1. The maximum Gasteiger partial charge on any atom is 0.340 e. The van der Waals surface area contributed by atoms with Crippen LogP contribution in [0.4, 0.5) is 5.69 Å². The number of aliphatic hydroxyl groups excluding tert-OH is 2. The average molecular weight is 558 g/mol. The van der Waals surface area contributed by atoms with Crippen molar-refractivity contribution >= 4 is 17.4 Å². The molecule has 0 unspecified atom stereocenters. The van der Waals surface area contributed by atoms with Crippen molar-refractivity contribution in [3.8, 4) is 0 Å². The molecular weight excluding hydrogens is 518 g/mol. The predicted octanol–water partition coefficient (Wildman–Crippen LogP) is 4.29. The van der Waals surface area contributed by atoms with E-state index in [9.17, 15) is 24.9 Å². The number of hydrogen-bond donors (Lipinski definition) is 4. The smallest absolute Gasteiger partial charge is 0.340 e. The zero-order valence-electron chi connectivity index (χ0n) is 24.0. The van der Waals surface area contributed by atoms with Crippen molar-refractivity contribution in [2.24, 2.45) is 34.5 Å². The van der Waals surface area contributed by atoms with Gasteiger partial charge in [-0.1, -0.05) is 75.4 Å². The van der Waals surface area contributed by atoms with Gasteiger partial charge in [-0.05, 0) is 65.4 Å². The minimum atomic E-state index is -2.17. The van der Waals surface area contributed by atoms with Crippen molar-refractivity contribution in [3.05, 3.63) is 89.0 Å². The highest BCUT2D eigenvalue weighted by Gasteiger charge is 2.76. The zero-order chi connectivity index (χ0) is 29.3. The molecule has 4 aliphatic rings. The van der Waals surface area contributed by atoms with Gasteiger partial charge in [0.25, 0.3) is 0 Å². The predicted molar refractivity (Wildman–Crippen MR) is 155 cm³/mol. The van der Waals surface area contributed by atoms with Crippen LogP contribution in [0.25, 0.3) is 0 Å². The largest absolute Gasteiger partial charge is 0.451 e. The fraction of sp³-hybridized carbons (Fsp3) is 0.471. The van der Waals surface area contributed by atoms with E-state index in [1.54, 1.807) is 37.3 Å². The van der Waals surface area contributed by atoms with Crippen molar-refractivity contribution in [1.82, 2.24) is 0 Å². The molecule has 2 fully saturated rings. The molecule has 2 aromatic carbocycles. The van der Waals surface area contributed by atoms with E-state index in [1.807, 2.05) is 43.3 Å². The number of ketones is 1. The van der Waals surface area contributed by atoms with Gasteiger partial charge in [-0.3, -0.25) is 4.79 Å². The van der Waals surface area contributed by atoms with Crippen LogP contribution in [0.2, 0.25) is 0 Å². The molecule has 4 N–H and O–H groups in total. The lowest BCUT2D eigenvalue weighted by atomic mass is 9.59. The van der Waals surface area contributed by atoms with E-state index in [1.165, 1.54) is 0 Å². The minimum Gasteiger partial charge on any atom is -0.451 e. The van der Waals surface area contributed by atoms with Crippen molar-refractivity contribution in [3.63, 3.8) is 0 Å². The van der Waals surface area contributed by atoms with E-state index < -0.39 is 41.7 Å². The van der Waals surface area contributed by atoms with Gasteiger partial charge in [-0.15, -0.1) is 0 Å². The topological polar surface area (TPSA) is 116 Å². The molecule has 216 valence electrons. The van der Waals surface area contributed by atoms with Crippen molar-refractivity contribution in [2.75, 3.05) is 11.9 Å². The molecule has 0 amide bonds. The summed E-state index contributed by atoms with van der Waals surface area (Å²) in [7, 11) is 0. The normalized spacial score (nSPS) is 36.6. The van der Waals surface area contributed by atoms with Gasteiger partial charge >= 0.3 is 5.97 Å². The number of rotatable bonds is 6. The molecule has 2 bridgehead atoms. The lowest BCUT2D eigenvalue weighted by Gasteiger charge is -2.48. The molecule has 0 aliphatic heterocycles. The first-order valence-corrected chi connectivity index (χ1v) is 14.5. The quantitative estimate of drug-likeness (QED) is 0.309. The molecule has 1 spiro atoms. The summed E-state index contributed by atoms with van der Waals surface area (Å²) in [6, 6.07) is 16.8. The summed E-state index contributed by atoms with van der Waals surface area (Å²) >= 11 is 0. The number of ether oxygens (including phenoxy) is 1. The average Bonchev–Trinajstić information content (AvgIpc) is 3.45. The third-order valence-electron chi connectivity index (χ3n) is 10.6. The number of anilines is 1. The Bertz CT molecular complexity index is 1450. The third-order valence-corrected chi connectivity index (χ3v) is 10.6. The minimum absolute atomic E-state index is 0.0552. The van der Waals surface area contributed by atoms with Crippen LogP contribution in [-0.4, -0.2) is 51.5 Å². The van der Waals surface area contributed by atoms with Crippen LogP contribution < -0.4 is 5.32 Å². The Balaban J connectivity index is 1.36. The molecule has 8 atom stereocenters. The lowest BCUT2D eigenvalue weighted by molar-refractivity contribution is -0.190. The molecule has 41 heavy (non-hydrogen) atoms. The van der Waals surface area contributed by atoms with Gasteiger partial charge in [0.2, 0.25) is 0 Å². The second-order valence-corrected chi connectivity index (χ2v) is 13.0. The standard InChI is InChI=1S/C34H39NO6/c1-19-16-33-20(2)14-25-27(32(25,3)4)24(29(33)38)15-22(18-36)28(37)34(33,40)30(19)41-31(39)23-12-8-9-13-26(23)35-17-21-10-6-5-7-11-21/h5-13,15-16,20,24-25,27-28,30,35-37,40H,14,17-18H2,1-4H3/t20-,24+,25-,27+,28-,30+,33-,34+/m1/s1. The molecule has 0 radical (unpaired) electrons. The van der Waals surface area contributed by atoms with Gasteiger partial charge in [-0.2, -0.15) is 0 Å². The number of para-hydroxylation sites is 1. The van der Waals surface area contributed by atoms with Crippen LogP contribution in [0.15, 0.2) is 77.9 Å². The summed E-state index contributed by atoms with van der Waals surface area (Å²) < 4.78 is 6.08. The van der Waals surface area contributed by atoms with Gasteiger partial charge < -0.3 is 25.4 Å². The highest BCUT2D eigenvalue weighted by molar-refractivity contribution is 5.97. The summed E-state index contributed by atoms with van der Waals surface area (Å²) in [4.78, 5) is 28.3. The Labute approximate surface area is 240 Å². The molecule has 7 nitrogen and oxygen atoms in total. The number of esters is 1. The molecule has 2 saturated carbocycles. The summed E-state index contributed by atoms with van der Waals surface area (Å²) in [6.07, 6.45) is 1.25. The Hall–Kier alpha value is -3.26. The van der Waals surface area contributed by atoms with Crippen molar-refractivity contribution < 1.29 is 29.6 Å². The molecule has 6 rings (SSSR count). The van der Waals surface area contributed by atoms with Crippen LogP contribution in [0, 0.1) is 34.5 Å². The van der Waals surface area contributed by atoms with Crippen LogP contribution in [-0.2, 0) is 16.1 Å². The fourth-order valence-corrected chi connectivity index (χ4v) is 8.37. The highest BCUT2D eigenvalue weighted by atomic mass is 16.6. The van der Waals surface area contributed by atoms with E-state index in [0.29, 0.717) is 24.2 Å². The van der Waals surface area contributed by atoms with E-state index in [-0.39, 0.29) is 40.1 Å². The Morgan fingerprint density at radius 3 is 2.49 bits per heavy atom. The number of carbonyl (C=O) groups excluding carboxylic acids is 2. The van der Waals surface area contributed by atoms with E-state index >= 15 is 0 Å². The van der Waals surface area contributed by atoms with E-state index in [0.717, 1.165) is 5.56 Å². The number of hydrogen-bond acceptors (Lipinski definition) is 7. The summed E-state index contributed by atoms with van der Waals surface area (Å²) in [5, 5.41) is 38.0. The van der Waals surface area contributed by atoms with Crippen LogP contribution in [0.3, 0.4) is 0 Å². The molecule has 4 aliphatic carbocycles. The number of aliphatic hydroxyl groups is 3. The monoisotopic (exact) mass is 557 g/mol. The number of allylic oxidation sites excluding steroid dienone is 1. The first-order chi connectivity index (χ1) is 19.5. The summed E-state index contributed by atoms with van der Waals surface area (Å²) in [6.45, 7) is 7.98. The molecule has 0 aromatic heterocycles. The van der Waals surface area contributed by atoms with Gasteiger partial charge in [0.05, 0.1) is 17.6 Å². The van der Waals surface area contributed by atoms with Crippen LogP contribution >= 0.6 is 0 Å². The second-order valence-electron chi connectivity index (χ2n) is 13.0. The SMILES string of the molecule is CC1=C[C@@]23C(=O)[C@@H](C=C(CO)[C@@H](O)[C@]2(O)[C@H]1OC(=O)c1ccccc1NCc1ccccc1)[C@H]1[C@@H](C[C@H]3C)C1(C)C. The molecule has 7 heteroatoms. The first kappa shape index (κ1) is 27.9. The van der Waals surface area contributed by atoms with E-state index in [2.05, 4.69) is 19.2 Å². The van der Waals surface area contributed by atoms with Crippen molar-refractivity contribution in [2.45, 2.75) is 58.5 Å². The third kappa shape index (κ3) is 3.89. The highest BCUT2D eigenvalue weighted by Crippen LogP contribution is 2.71. The van der Waals surface area contributed by atoms with Crippen molar-refractivity contribution in [1.29, 1.82) is 0 Å². The number of fused-ring (bicyclic) bond motifs is 3. The molecule has 2 aromatic rings.